The Hall–Kier alpha value is -2.96. The molecule has 1 saturated carbocycles. The standard InChI is InChI=1S/C26H27ClF3N5O5S/c27-17-2-3-19-18(11-17)25(26(28,29)30,40-24(38)33-19)6-4-15-10-16(15)12-31-7-1-8-32-20-5-9-35(23(37)34-20)21-14-41-22(13-36)39-21/h2-3,5,9,11,15-16,21-22,31,36H,1,7-8,10,12-14H2,(H,33,38)(H,32,34,37)/t15?,16?,21-,22+,25?/m1/s1. The van der Waals surface area contributed by atoms with E-state index < -0.39 is 29.8 Å². The molecule has 2 aromatic rings. The van der Waals surface area contributed by atoms with Gasteiger partial charge in [0.05, 0.1) is 12.3 Å². The van der Waals surface area contributed by atoms with Gasteiger partial charge in [-0.3, -0.25) is 9.88 Å². The summed E-state index contributed by atoms with van der Waals surface area (Å²) in [4.78, 5) is 28.3. The molecule has 0 spiro atoms. The zero-order chi connectivity index (χ0) is 29.2. The van der Waals surface area contributed by atoms with Crippen LogP contribution in [0.15, 0.2) is 35.3 Å². The fourth-order valence-electron chi connectivity index (χ4n) is 4.60. The fraction of sp³-hybridized carbons (Fsp3) is 0.500. The van der Waals surface area contributed by atoms with Gasteiger partial charge >= 0.3 is 18.0 Å². The van der Waals surface area contributed by atoms with E-state index in [9.17, 15) is 27.9 Å². The van der Waals surface area contributed by atoms with Crippen molar-refractivity contribution in [2.75, 3.05) is 42.6 Å². The Bertz CT molecular complexity index is 1420. The van der Waals surface area contributed by atoms with Crippen LogP contribution in [0.3, 0.4) is 0 Å². The number of aliphatic hydroxyl groups excluding tert-OH is 1. The Morgan fingerprint density at radius 2 is 2.12 bits per heavy atom. The van der Waals surface area contributed by atoms with Crippen molar-refractivity contribution in [2.45, 2.75) is 36.3 Å². The summed E-state index contributed by atoms with van der Waals surface area (Å²) in [6.07, 6.45) is -3.72. The first-order valence-electron chi connectivity index (χ1n) is 12.9. The van der Waals surface area contributed by atoms with E-state index in [0.717, 1.165) is 6.07 Å². The lowest BCUT2D eigenvalue weighted by atomic mass is 9.90. The summed E-state index contributed by atoms with van der Waals surface area (Å²) in [5.41, 5.74) is -4.29. The van der Waals surface area contributed by atoms with Crippen LogP contribution < -0.4 is 21.6 Å². The molecule has 5 rings (SSSR count). The minimum atomic E-state index is -4.97. The molecule has 1 aliphatic carbocycles. The van der Waals surface area contributed by atoms with E-state index in [1.807, 2.05) is 0 Å². The Morgan fingerprint density at radius 1 is 1.29 bits per heavy atom. The average molecular weight is 614 g/mol. The SMILES string of the molecule is O=C1Nc2ccc(Cl)cc2C(C#CC2CC2CNCCCNc2ccn([C@H]3CS[C@@H](CO)O3)c(=O)n2)(C(F)(F)F)O1. The number of hydrogen-bond donors (Lipinski definition) is 4. The summed E-state index contributed by atoms with van der Waals surface area (Å²) in [5, 5.41) is 17.9. The third kappa shape index (κ3) is 6.60. The minimum absolute atomic E-state index is 0.0469. The van der Waals surface area contributed by atoms with Crippen molar-refractivity contribution in [1.82, 2.24) is 14.9 Å². The van der Waals surface area contributed by atoms with Crippen LogP contribution in [0.2, 0.25) is 5.02 Å². The number of hydrogen-bond acceptors (Lipinski definition) is 9. The number of ether oxygens (including phenoxy) is 2. The number of alkyl halides is 3. The molecule has 2 fully saturated rings. The van der Waals surface area contributed by atoms with Crippen LogP contribution >= 0.6 is 23.4 Å². The van der Waals surface area contributed by atoms with Gasteiger partial charge in [0, 0.05) is 35.0 Å². The number of fused-ring (bicyclic) bond motifs is 1. The molecule has 1 aromatic heterocycles. The maximum absolute atomic E-state index is 14.2. The first kappa shape index (κ1) is 29.5. The Morgan fingerprint density at radius 3 is 2.85 bits per heavy atom. The maximum atomic E-state index is 14.2. The quantitative estimate of drug-likeness (QED) is 0.248. The van der Waals surface area contributed by atoms with Crippen molar-refractivity contribution in [3.05, 3.63) is 51.5 Å². The smallest absolute Gasteiger partial charge is 0.415 e. The fourth-order valence-corrected chi connectivity index (χ4v) is 5.70. The van der Waals surface area contributed by atoms with E-state index in [2.05, 4.69) is 32.8 Å². The van der Waals surface area contributed by atoms with Gasteiger partial charge in [0.1, 0.15) is 17.5 Å². The second-order valence-corrected chi connectivity index (χ2v) is 11.4. The van der Waals surface area contributed by atoms with Crippen LogP contribution in [0.25, 0.3) is 0 Å². The zero-order valence-corrected chi connectivity index (χ0v) is 23.1. The average Bonchev–Trinajstić information content (AvgIpc) is 3.50. The van der Waals surface area contributed by atoms with Gasteiger partial charge in [-0.2, -0.15) is 18.2 Å². The Balaban J connectivity index is 1.08. The van der Waals surface area contributed by atoms with Crippen molar-refractivity contribution in [1.29, 1.82) is 0 Å². The highest BCUT2D eigenvalue weighted by molar-refractivity contribution is 8.00. The molecule has 0 radical (unpaired) electrons. The summed E-state index contributed by atoms with van der Waals surface area (Å²) < 4.78 is 54.4. The second kappa shape index (κ2) is 12.1. The number of halogens is 4. The summed E-state index contributed by atoms with van der Waals surface area (Å²) >= 11 is 7.37. The molecule has 10 nitrogen and oxygen atoms in total. The van der Waals surface area contributed by atoms with E-state index in [1.165, 1.54) is 28.5 Å². The molecular weight excluding hydrogens is 587 g/mol. The molecule has 15 heteroatoms. The van der Waals surface area contributed by atoms with Crippen LogP contribution in [0.5, 0.6) is 0 Å². The summed E-state index contributed by atoms with van der Waals surface area (Å²) in [6.45, 7) is 1.64. The van der Waals surface area contributed by atoms with Crippen molar-refractivity contribution in [3.63, 3.8) is 0 Å². The molecule has 1 saturated heterocycles. The number of nitrogens with zero attached hydrogens (tertiary/aromatic N) is 2. The highest BCUT2D eigenvalue weighted by Crippen LogP contribution is 2.48. The Labute approximate surface area is 242 Å². The van der Waals surface area contributed by atoms with Gasteiger partial charge in [0.15, 0.2) is 0 Å². The van der Waals surface area contributed by atoms with Crippen molar-refractivity contribution < 1.29 is 32.5 Å². The summed E-state index contributed by atoms with van der Waals surface area (Å²) in [6, 6.07) is 5.46. The monoisotopic (exact) mass is 613 g/mol. The van der Waals surface area contributed by atoms with E-state index in [1.54, 1.807) is 12.3 Å². The molecule has 3 unspecified atom stereocenters. The number of cyclic esters (lactones) is 1. The van der Waals surface area contributed by atoms with Gasteiger partial charge in [-0.15, -0.1) is 11.8 Å². The highest BCUT2D eigenvalue weighted by Gasteiger charge is 2.62. The molecule has 1 amide bonds. The minimum Gasteiger partial charge on any atom is -0.415 e. The Kier molecular flexibility index (Phi) is 8.72. The topological polar surface area (TPSA) is 127 Å². The molecule has 220 valence electrons. The van der Waals surface area contributed by atoms with Gasteiger partial charge in [-0.1, -0.05) is 17.5 Å². The van der Waals surface area contributed by atoms with Crippen molar-refractivity contribution >= 4 is 41.0 Å². The number of thioether (sulfide) groups is 1. The lowest BCUT2D eigenvalue weighted by Crippen LogP contribution is -2.49. The number of rotatable bonds is 9. The summed E-state index contributed by atoms with van der Waals surface area (Å²) in [7, 11) is 0. The first-order valence-corrected chi connectivity index (χ1v) is 14.3. The number of anilines is 2. The number of benzene rings is 1. The lowest BCUT2D eigenvalue weighted by Gasteiger charge is -2.35. The van der Waals surface area contributed by atoms with Crippen molar-refractivity contribution in [2.24, 2.45) is 11.8 Å². The zero-order valence-electron chi connectivity index (χ0n) is 21.5. The van der Waals surface area contributed by atoms with E-state index in [4.69, 9.17) is 21.1 Å². The molecule has 3 heterocycles. The number of aromatic nitrogens is 2. The lowest BCUT2D eigenvalue weighted by molar-refractivity contribution is -0.239. The highest BCUT2D eigenvalue weighted by atomic mass is 35.5. The van der Waals surface area contributed by atoms with Gasteiger partial charge in [-0.25, -0.2) is 9.59 Å². The predicted molar refractivity (Wildman–Crippen MR) is 147 cm³/mol. The maximum Gasteiger partial charge on any atom is 0.445 e. The molecule has 4 N–H and O–H groups in total. The molecular formula is C26H27ClF3N5O5S. The molecule has 5 atom stereocenters. The van der Waals surface area contributed by atoms with Crippen LogP contribution in [0, 0.1) is 23.7 Å². The number of carbonyl (C=O) groups excluding carboxylic acids is 1. The molecule has 1 aromatic carbocycles. The molecule has 0 bridgehead atoms. The normalized spacial score (nSPS) is 26.8. The predicted octanol–water partition coefficient (Wildman–Crippen LogP) is 3.53. The van der Waals surface area contributed by atoms with E-state index in [0.29, 0.717) is 44.0 Å². The summed E-state index contributed by atoms with van der Waals surface area (Å²) in [5.74, 6) is 5.72. The first-order chi connectivity index (χ1) is 19.6. The second-order valence-electron chi connectivity index (χ2n) is 9.78. The molecule has 3 aliphatic rings. The van der Waals surface area contributed by atoms with Crippen LogP contribution in [-0.4, -0.2) is 64.4 Å². The van der Waals surface area contributed by atoms with Crippen molar-refractivity contribution in [3.8, 4) is 11.8 Å². The van der Waals surface area contributed by atoms with Crippen LogP contribution in [-0.2, 0) is 15.1 Å². The number of amides is 1. The number of nitrogens with one attached hydrogen (secondary N) is 3. The number of aliphatic hydroxyl groups is 1. The van der Waals surface area contributed by atoms with E-state index in [-0.39, 0.29) is 40.2 Å². The van der Waals surface area contributed by atoms with E-state index >= 15 is 0 Å². The van der Waals surface area contributed by atoms with Crippen LogP contribution in [0.1, 0.15) is 24.6 Å². The van der Waals surface area contributed by atoms with Gasteiger partial charge < -0.3 is 25.2 Å². The largest absolute Gasteiger partial charge is 0.445 e. The number of carbonyl (C=O) groups is 1. The third-order valence-corrected chi connectivity index (χ3v) is 8.21. The molecule has 2 aliphatic heterocycles. The third-order valence-electron chi connectivity index (χ3n) is 6.86. The van der Waals surface area contributed by atoms with Crippen LogP contribution in [0.4, 0.5) is 29.5 Å². The molecule has 41 heavy (non-hydrogen) atoms. The van der Waals surface area contributed by atoms with Gasteiger partial charge in [0.2, 0.25) is 0 Å². The van der Waals surface area contributed by atoms with Gasteiger partial charge in [-0.05, 0) is 62.0 Å². The van der Waals surface area contributed by atoms with Gasteiger partial charge in [0.25, 0.3) is 5.60 Å².